The summed E-state index contributed by atoms with van der Waals surface area (Å²) in [7, 11) is 0. The number of rotatable bonds is 3. The van der Waals surface area contributed by atoms with Crippen molar-refractivity contribution in [2.75, 3.05) is 13.1 Å². The summed E-state index contributed by atoms with van der Waals surface area (Å²) in [5.74, 6) is 0.174. The smallest absolute Gasteiger partial charge is 0.189 e. The molecule has 0 aromatic carbocycles. The molecule has 3 heterocycles. The van der Waals surface area contributed by atoms with E-state index >= 15 is 0 Å². The van der Waals surface area contributed by atoms with Crippen molar-refractivity contribution >= 4 is 28.7 Å². The van der Waals surface area contributed by atoms with E-state index in [4.69, 9.17) is 16.3 Å². The third kappa shape index (κ3) is 2.35. The first kappa shape index (κ1) is 12.6. The van der Waals surface area contributed by atoms with Crippen LogP contribution < -0.4 is 0 Å². The van der Waals surface area contributed by atoms with Crippen molar-refractivity contribution in [3.05, 3.63) is 21.3 Å². The lowest BCUT2D eigenvalue weighted by Gasteiger charge is -2.35. The molecule has 2 aliphatic heterocycles. The van der Waals surface area contributed by atoms with Crippen LogP contribution in [0.3, 0.4) is 0 Å². The molecule has 2 saturated heterocycles. The summed E-state index contributed by atoms with van der Waals surface area (Å²) in [5.41, 5.74) is 0. The molecule has 0 amide bonds. The third-order valence-corrected chi connectivity index (χ3v) is 5.06. The van der Waals surface area contributed by atoms with Crippen LogP contribution in [0.1, 0.15) is 29.4 Å². The predicted molar refractivity (Wildman–Crippen MR) is 72.6 cm³/mol. The van der Waals surface area contributed by atoms with E-state index in [1.54, 1.807) is 6.07 Å². The van der Waals surface area contributed by atoms with Crippen LogP contribution in [0.4, 0.5) is 0 Å². The Bertz CT molecular complexity index is 450. The Hall–Kier alpha value is -0.420. The molecule has 0 N–H and O–H groups in total. The number of morpholine rings is 1. The molecule has 2 fully saturated rings. The SMILES string of the molecule is CC(C(=O)c1ccc(Cl)s1)N1CC2CCC(C1)O2. The van der Waals surface area contributed by atoms with Gasteiger partial charge in [0, 0.05) is 13.1 Å². The van der Waals surface area contributed by atoms with Crippen molar-refractivity contribution in [3.8, 4) is 0 Å². The van der Waals surface area contributed by atoms with Crippen LogP contribution in [0, 0.1) is 0 Å². The van der Waals surface area contributed by atoms with Crippen molar-refractivity contribution in [2.45, 2.75) is 38.0 Å². The second kappa shape index (κ2) is 4.93. The number of likely N-dealkylation sites (tertiary alicyclic amines) is 1. The van der Waals surface area contributed by atoms with Crippen LogP contribution in [-0.4, -0.2) is 42.0 Å². The highest BCUT2D eigenvalue weighted by atomic mass is 35.5. The number of thiophene rings is 1. The predicted octanol–water partition coefficient (Wildman–Crippen LogP) is 2.84. The van der Waals surface area contributed by atoms with E-state index in [-0.39, 0.29) is 11.8 Å². The molecule has 3 rings (SSSR count). The monoisotopic (exact) mass is 285 g/mol. The second-order valence-electron chi connectivity index (χ2n) is 5.06. The summed E-state index contributed by atoms with van der Waals surface area (Å²) in [6.07, 6.45) is 2.91. The van der Waals surface area contributed by atoms with Crippen LogP contribution in [0.15, 0.2) is 12.1 Å². The average molecular weight is 286 g/mol. The normalized spacial score (nSPS) is 29.4. The van der Waals surface area contributed by atoms with Crippen LogP contribution in [0.5, 0.6) is 0 Å². The first-order chi connectivity index (χ1) is 8.63. The largest absolute Gasteiger partial charge is 0.372 e. The number of carbonyl (C=O) groups excluding carboxylic acids is 1. The van der Waals surface area contributed by atoms with E-state index < -0.39 is 0 Å². The molecule has 2 bridgehead atoms. The fourth-order valence-corrected chi connectivity index (χ4v) is 3.85. The van der Waals surface area contributed by atoms with Gasteiger partial charge < -0.3 is 4.74 Å². The summed E-state index contributed by atoms with van der Waals surface area (Å²) in [4.78, 5) is 15.4. The Morgan fingerprint density at radius 1 is 1.44 bits per heavy atom. The molecule has 0 spiro atoms. The Morgan fingerprint density at radius 3 is 2.67 bits per heavy atom. The van der Waals surface area contributed by atoms with Gasteiger partial charge in [0.05, 0.1) is 27.5 Å². The number of halogens is 1. The van der Waals surface area contributed by atoms with E-state index in [0.29, 0.717) is 16.5 Å². The van der Waals surface area contributed by atoms with Gasteiger partial charge in [-0.1, -0.05) is 11.6 Å². The summed E-state index contributed by atoms with van der Waals surface area (Å²) < 4.78 is 6.47. The lowest BCUT2D eigenvalue weighted by Crippen LogP contribution is -2.49. The number of fused-ring (bicyclic) bond motifs is 2. The minimum absolute atomic E-state index is 0.0771. The van der Waals surface area contributed by atoms with E-state index in [0.717, 1.165) is 30.8 Å². The summed E-state index contributed by atoms with van der Waals surface area (Å²) >= 11 is 7.25. The molecule has 1 aromatic rings. The molecule has 0 aliphatic carbocycles. The fourth-order valence-electron chi connectivity index (χ4n) is 2.78. The highest BCUT2D eigenvalue weighted by Crippen LogP contribution is 2.29. The maximum Gasteiger partial charge on any atom is 0.189 e. The summed E-state index contributed by atoms with van der Waals surface area (Å²) in [6, 6.07) is 3.53. The zero-order chi connectivity index (χ0) is 12.7. The van der Waals surface area contributed by atoms with Crippen LogP contribution in [0.2, 0.25) is 4.34 Å². The Morgan fingerprint density at radius 2 is 2.11 bits per heavy atom. The first-order valence-corrected chi connectivity index (χ1v) is 7.52. The van der Waals surface area contributed by atoms with E-state index in [1.165, 1.54) is 11.3 Å². The Kier molecular flexibility index (Phi) is 3.45. The fraction of sp³-hybridized carbons (Fsp3) is 0.615. The quantitative estimate of drug-likeness (QED) is 0.800. The summed E-state index contributed by atoms with van der Waals surface area (Å²) in [6.45, 7) is 3.74. The molecule has 3 atom stereocenters. The van der Waals surface area contributed by atoms with Crippen molar-refractivity contribution in [3.63, 3.8) is 0 Å². The topological polar surface area (TPSA) is 29.5 Å². The van der Waals surface area contributed by atoms with Crippen LogP contribution in [0.25, 0.3) is 0 Å². The van der Waals surface area contributed by atoms with E-state index in [9.17, 15) is 4.79 Å². The van der Waals surface area contributed by atoms with Gasteiger partial charge in [-0.05, 0) is 31.9 Å². The van der Waals surface area contributed by atoms with E-state index in [1.807, 2.05) is 13.0 Å². The molecule has 2 aliphatic rings. The average Bonchev–Trinajstić information content (AvgIpc) is 2.94. The van der Waals surface area contributed by atoms with Gasteiger partial charge in [0.2, 0.25) is 0 Å². The number of Topliss-reactive ketones (excluding diaryl/α,β-unsaturated/α-hetero) is 1. The van der Waals surface area contributed by atoms with Crippen molar-refractivity contribution < 1.29 is 9.53 Å². The van der Waals surface area contributed by atoms with Crippen molar-refractivity contribution in [2.24, 2.45) is 0 Å². The third-order valence-electron chi connectivity index (χ3n) is 3.82. The lowest BCUT2D eigenvalue weighted by molar-refractivity contribution is -0.0463. The molecule has 98 valence electrons. The molecule has 3 nitrogen and oxygen atoms in total. The molecule has 0 radical (unpaired) electrons. The minimum Gasteiger partial charge on any atom is -0.372 e. The Labute approximate surface area is 116 Å². The number of hydrogen-bond donors (Lipinski definition) is 0. The van der Waals surface area contributed by atoms with Gasteiger partial charge in [-0.2, -0.15) is 0 Å². The zero-order valence-corrected chi connectivity index (χ0v) is 11.8. The van der Waals surface area contributed by atoms with Gasteiger partial charge in [-0.3, -0.25) is 9.69 Å². The van der Waals surface area contributed by atoms with Gasteiger partial charge in [0.15, 0.2) is 5.78 Å². The van der Waals surface area contributed by atoms with Crippen LogP contribution >= 0.6 is 22.9 Å². The standard InChI is InChI=1S/C13H16ClNO2S/c1-8(13(16)11-4-5-12(14)18-11)15-6-9-2-3-10(7-15)17-9/h4-5,8-10H,2-3,6-7H2,1H3. The number of nitrogens with zero attached hydrogens (tertiary/aromatic N) is 1. The maximum atomic E-state index is 12.4. The van der Waals surface area contributed by atoms with Gasteiger partial charge in [-0.25, -0.2) is 0 Å². The highest BCUT2D eigenvalue weighted by Gasteiger charge is 2.37. The van der Waals surface area contributed by atoms with Crippen molar-refractivity contribution in [1.82, 2.24) is 4.90 Å². The number of ether oxygens (including phenoxy) is 1. The van der Waals surface area contributed by atoms with Gasteiger partial charge >= 0.3 is 0 Å². The second-order valence-corrected chi connectivity index (χ2v) is 6.77. The highest BCUT2D eigenvalue weighted by molar-refractivity contribution is 7.18. The zero-order valence-electron chi connectivity index (χ0n) is 10.3. The summed E-state index contributed by atoms with van der Waals surface area (Å²) in [5, 5.41) is 0. The molecule has 0 saturated carbocycles. The number of ketones is 1. The van der Waals surface area contributed by atoms with Gasteiger partial charge in [-0.15, -0.1) is 11.3 Å². The van der Waals surface area contributed by atoms with Crippen molar-refractivity contribution in [1.29, 1.82) is 0 Å². The van der Waals surface area contributed by atoms with Gasteiger partial charge in [0.1, 0.15) is 0 Å². The molecule has 5 heteroatoms. The molecular formula is C13H16ClNO2S. The molecule has 3 unspecified atom stereocenters. The number of hydrogen-bond acceptors (Lipinski definition) is 4. The molecular weight excluding hydrogens is 270 g/mol. The molecule has 1 aromatic heterocycles. The first-order valence-electron chi connectivity index (χ1n) is 6.32. The maximum absolute atomic E-state index is 12.4. The van der Waals surface area contributed by atoms with E-state index in [2.05, 4.69) is 4.90 Å². The molecule has 18 heavy (non-hydrogen) atoms. The Balaban J connectivity index is 1.70. The number of carbonyl (C=O) groups is 1. The van der Waals surface area contributed by atoms with Crippen LogP contribution in [-0.2, 0) is 4.74 Å². The van der Waals surface area contributed by atoms with Gasteiger partial charge in [0.25, 0.3) is 0 Å². The minimum atomic E-state index is -0.0771. The lowest BCUT2D eigenvalue weighted by atomic mass is 10.1.